The van der Waals surface area contributed by atoms with Crippen molar-refractivity contribution in [3.05, 3.63) is 35.0 Å². The van der Waals surface area contributed by atoms with Crippen LogP contribution in [0.25, 0.3) is 17.0 Å². The van der Waals surface area contributed by atoms with E-state index in [0.717, 1.165) is 52.7 Å². The number of amides is 2. The minimum Gasteiger partial charge on any atom is -0.483 e. The average Bonchev–Trinajstić information content (AvgIpc) is 3.35. The van der Waals surface area contributed by atoms with E-state index < -0.39 is 17.2 Å². The first-order valence-corrected chi connectivity index (χ1v) is 12.8. The smallest absolute Gasteiger partial charge is 0.252 e. The van der Waals surface area contributed by atoms with Gasteiger partial charge in [-0.05, 0) is 63.8 Å². The van der Waals surface area contributed by atoms with Crippen LogP contribution in [-0.2, 0) is 19.7 Å². The molecule has 1 aliphatic carbocycles. The van der Waals surface area contributed by atoms with Crippen molar-refractivity contribution in [2.45, 2.75) is 81.6 Å². The van der Waals surface area contributed by atoms with E-state index in [2.05, 4.69) is 42.4 Å². The molecule has 2 bridgehead atoms. The van der Waals surface area contributed by atoms with Crippen LogP contribution < -0.4 is 10.1 Å². The molecule has 2 N–H and O–H groups in total. The van der Waals surface area contributed by atoms with Crippen molar-refractivity contribution in [2.24, 2.45) is 5.92 Å². The lowest BCUT2D eigenvalue weighted by Gasteiger charge is -2.56. The third-order valence-electron chi connectivity index (χ3n) is 9.69. The number of hydrogen-bond donors (Lipinski definition) is 2. The summed E-state index contributed by atoms with van der Waals surface area (Å²) in [7, 11) is 1.66. The fourth-order valence-corrected chi connectivity index (χ4v) is 8.13. The number of ether oxygens (including phenoxy) is 2. The van der Waals surface area contributed by atoms with Gasteiger partial charge in [-0.2, -0.15) is 0 Å². The van der Waals surface area contributed by atoms with Crippen molar-refractivity contribution in [3.63, 3.8) is 0 Å². The molecule has 2 aromatic rings. The summed E-state index contributed by atoms with van der Waals surface area (Å²) < 4.78 is 12.5. The maximum atomic E-state index is 14.4. The van der Waals surface area contributed by atoms with E-state index in [1.165, 1.54) is 0 Å². The van der Waals surface area contributed by atoms with Crippen molar-refractivity contribution in [2.75, 3.05) is 13.7 Å². The number of benzene rings is 1. The summed E-state index contributed by atoms with van der Waals surface area (Å²) in [4.78, 5) is 33.8. The molecule has 2 amide bonds. The van der Waals surface area contributed by atoms with Crippen LogP contribution in [-0.4, -0.2) is 52.0 Å². The molecule has 6 heterocycles. The Morgan fingerprint density at radius 3 is 2.71 bits per heavy atom. The maximum absolute atomic E-state index is 14.4. The topological polar surface area (TPSA) is 83.7 Å². The number of nitrogens with zero attached hydrogens (tertiary/aromatic N) is 1. The first-order valence-electron chi connectivity index (χ1n) is 12.8. The normalized spacial score (nSPS) is 35.6. The van der Waals surface area contributed by atoms with Crippen LogP contribution in [0.1, 0.15) is 76.3 Å². The zero-order valence-electron chi connectivity index (χ0n) is 21.1. The summed E-state index contributed by atoms with van der Waals surface area (Å²) in [5, 5.41) is 4.34. The Bertz CT molecular complexity index is 1350. The molecule has 4 fully saturated rings. The summed E-state index contributed by atoms with van der Waals surface area (Å²) in [5.74, 6) is 0.768. The molecule has 6 aliphatic rings. The van der Waals surface area contributed by atoms with Gasteiger partial charge in [-0.15, -0.1) is 0 Å². The number of aromatic amines is 1. The van der Waals surface area contributed by atoms with Gasteiger partial charge >= 0.3 is 0 Å². The standard InChI is InChI=1S/C28H33N3O4/c1-25(2)12-9-15-17(35-25)8-7-16-19-21(29-20(15)16)26(3,4)18-10-13-27-11-6-14-31(27)24(33)28(18,22(19)34-5)30-23(27)32/h7-9,12,18,22,29H,6,10-11,13-14H2,1-5H3,(H,30,32). The summed E-state index contributed by atoms with van der Waals surface area (Å²) in [5.41, 5.74) is 1.50. The molecule has 184 valence electrons. The number of carbonyl (C=O) groups is 2. The van der Waals surface area contributed by atoms with Gasteiger partial charge in [0.15, 0.2) is 5.54 Å². The third kappa shape index (κ3) is 2.31. The second-order valence-electron chi connectivity index (χ2n) is 12.2. The van der Waals surface area contributed by atoms with Gasteiger partial charge in [-0.25, -0.2) is 0 Å². The van der Waals surface area contributed by atoms with Gasteiger partial charge in [0.05, 0.1) is 5.52 Å². The molecule has 4 saturated heterocycles. The van der Waals surface area contributed by atoms with Gasteiger partial charge in [0.25, 0.3) is 5.91 Å². The lowest BCUT2D eigenvalue weighted by Crippen LogP contribution is -2.77. The minimum absolute atomic E-state index is 0.00538. The molecule has 0 radical (unpaired) electrons. The molecule has 7 heteroatoms. The Hall–Kier alpha value is -2.80. The third-order valence-corrected chi connectivity index (χ3v) is 9.69. The number of fused-ring (bicyclic) bond motifs is 7. The molecule has 4 unspecified atom stereocenters. The molecule has 1 aromatic carbocycles. The van der Waals surface area contributed by atoms with E-state index >= 15 is 0 Å². The minimum atomic E-state index is -1.12. The summed E-state index contributed by atoms with van der Waals surface area (Å²) in [6.07, 6.45) is 6.73. The van der Waals surface area contributed by atoms with Gasteiger partial charge in [-0.3, -0.25) is 9.59 Å². The summed E-state index contributed by atoms with van der Waals surface area (Å²) in [6, 6.07) is 4.09. The van der Waals surface area contributed by atoms with E-state index in [-0.39, 0.29) is 28.7 Å². The highest BCUT2D eigenvalue weighted by Gasteiger charge is 2.72. The lowest BCUT2D eigenvalue weighted by molar-refractivity contribution is -0.170. The van der Waals surface area contributed by atoms with Crippen LogP contribution >= 0.6 is 0 Å². The Balaban J connectivity index is 1.51. The summed E-state index contributed by atoms with van der Waals surface area (Å²) in [6.45, 7) is 9.15. The van der Waals surface area contributed by atoms with Crippen LogP contribution in [0, 0.1) is 5.92 Å². The molecular weight excluding hydrogens is 442 g/mol. The number of rotatable bonds is 1. The van der Waals surface area contributed by atoms with Gasteiger partial charge < -0.3 is 24.7 Å². The molecule has 5 aliphatic heterocycles. The first-order chi connectivity index (χ1) is 16.6. The van der Waals surface area contributed by atoms with Crippen molar-refractivity contribution in [1.29, 1.82) is 0 Å². The van der Waals surface area contributed by atoms with Crippen LogP contribution in [0.5, 0.6) is 5.75 Å². The van der Waals surface area contributed by atoms with Crippen LogP contribution in [0.2, 0.25) is 0 Å². The lowest BCUT2D eigenvalue weighted by atomic mass is 9.56. The van der Waals surface area contributed by atoms with Gasteiger partial charge in [-0.1, -0.05) is 13.8 Å². The highest BCUT2D eigenvalue weighted by molar-refractivity contribution is 6.06. The molecule has 8 rings (SSSR count). The number of nitrogens with one attached hydrogen (secondary N) is 2. The fourth-order valence-electron chi connectivity index (χ4n) is 8.13. The predicted octanol–water partition coefficient (Wildman–Crippen LogP) is 3.97. The molecule has 35 heavy (non-hydrogen) atoms. The zero-order chi connectivity index (χ0) is 24.5. The SMILES string of the molecule is COC1c2c([nH]c3c4c(ccc23)OC(C)(C)C=C4)C(C)(C)C2CCC34CCCN3C(=O)C12NC4=O. The zero-order valence-corrected chi connectivity index (χ0v) is 21.1. The maximum Gasteiger partial charge on any atom is 0.252 e. The highest BCUT2D eigenvalue weighted by Crippen LogP contribution is 2.61. The summed E-state index contributed by atoms with van der Waals surface area (Å²) >= 11 is 0. The van der Waals surface area contributed by atoms with Crippen LogP contribution in [0.4, 0.5) is 0 Å². The number of hydrogen-bond acceptors (Lipinski definition) is 4. The van der Waals surface area contributed by atoms with Gasteiger partial charge in [0, 0.05) is 47.2 Å². The van der Waals surface area contributed by atoms with Gasteiger partial charge in [0.2, 0.25) is 5.91 Å². The molecule has 2 spiro atoms. The van der Waals surface area contributed by atoms with E-state index in [0.29, 0.717) is 13.0 Å². The fraction of sp³-hybridized carbons (Fsp3) is 0.571. The van der Waals surface area contributed by atoms with Crippen molar-refractivity contribution >= 4 is 28.8 Å². The molecular formula is C28H33N3O4. The predicted molar refractivity (Wildman–Crippen MR) is 132 cm³/mol. The molecule has 7 nitrogen and oxygen atoms in total. The number of aromatic nitrogens is 1. The Kier molecular flexibility index (Phi) is 3.87. The Labute approximate surface area is 205 Å². The van der Waals surface area contributed by atoms with Gasteiger partial charge in [0.1, 0.15) is 23.0 Å². The van der Waals surface area contributed by atoms with E-state index in [4.69, 9.17) is 9.47 Å². The number of H-pyrrole nitrogens is 1. The van der Waals surface area contributed by atoms with E-state index in [1.54, 1.807) is 7.11 Å². The first kappa shape index (κ1) is 21.5. The highest BCUT2D eigenvalue weighted by atomic mass is 16.5. The largest absolute Gasteiger partial charge is 0.483 e. The van der Waals surface area contributed by atoms with Crippen LogP contribution in [0.3, 0.4) is 0 Å². The molecule has 1 aromatic heterocycles. The number of methoxy groups -OCH3 is 1. The van der Waals surface area contributed by atoms with E-state index in [1.807, 2.05) is 24.8 Å². The van der Waals surface area contributed by atoms with Crippen molar-refractivity contribution < 1.29 is 19.1 Å². The Morgan fingerprint density at radius 1 is 1.14 bits per heavy atom. The second-order valence-corrected chi connectivity index (χ2v) is 12.2. The van der Waals surface area contributed by atoms with E-state index in [9.17, 15) is 9.59 Å². The molecule has 0 saturated carbocycles. The Morgan fingerprint density at radius 2 is 1.94 bits per heavy atom. The number of piperazine rings is 1. The quantitative estimate of drug-likeness (QED) is 0.654. The monoisotopic (exact) mass is 475 g/mol. The van der Waals surface area contributed by atoms with Crippen LogP contribution in [0.15, 0.2) is 18.2 Å². The van der Waals surface area contributed by atoms with Crippen molar-refractivity contribution in [3.8, 4) is 5.75 Å². The number of carbonyl (C=O) groups excluding carboxylic acids is 2. The average molecular weight is 476 g/mol. The second kappa shape index (κ2) is 6.30. The molecule has 4 atom stereocenters. The van der Waals surface area contributed by atoms with Crippen molar-refractivity contribution in [1.82, 2.24) is 15.2 Å².